The summed E-state index contributed by atoms with van der Waals surface area (Å²) in [5, 5.41) is 0. The number of para-hydroxylation sites is 1. The summed E-state index contributed by atoms with van der Waals surface area (Å²) >= 11 is 0. The van der Waals surface area contributed by atoms with Gasteiger partial charge in [-0.05, 0) is 42.3 Å². The SMILES string of the molecule is Cc1ccccc1CN(C(=O)c1ccncc1)c1ccccc1. The van der Waals surface area contributed by atoms with E-state index in [1.807, 2.05) is 42.5 Å². The first-order valence-electron chi connectivity index (χ1n) is 7.57. The van der Waals surface area contributed by atoms with Crippen LogP contribution in [0.25, 0.3) is 0 Å². The van der Waals surface area contributed by atoms with Crippen molar-refractivity contribution in [2.75, 3.05) is 4.90 Å². The molecule has 3 heteroatoms. The van der Waals surface area contributed by atoms with Gasteiger partial charge >= 0.3 is 0 Å². The van der Waals surface area contributed by atoms with Crippen molar-refractivity contribution in [2.24, 2.45) is 0 Å². The van der Waals surface area contributed by atoms with E-state index in [0.717, 1.165) is 11.3 Å². The molecule has 0 radical (unpaired) electrons. The van der Waals surface area contributed by atoms with Crippen molar-refractivity contribution in [3.05, 3.63) is 95.8 Å². The monoisotopic (exact) mass is 302 g/mol. The minimum Gasteiger partial charge on any atom is -0.304 e. The van der Waals surface area contributed by atoms with Crippen molar-refractivity contribution in [1.29, 1.82) is 0 Å². The summed E-state index contributed by atoms with van der Waals surface area (Å²) in [7, 11) is 0. The smallest absolute Gasteiger partial charge is 0.258 e. The Morgan fingerprint density at radius 2 is 1.57 bits per heavy atom. The number of benzene rings is 2. The summed E-state index contributed by atoms with van der Waals surface area (Å²) in [6, 6.07) is 21.4. The van der Waals surface area contributed by atoms with Crippen LogP contribution in [0, 0.1) is 6.92 Å². The van der Waals surface area contributed by atoms with Gasteiger partial charge in [-0.25, -0.2) is 0 Å². The number of amides is 1. The standard InChI is InChI=1S/C20H18N2O/c1-16-7-5-6-8-18(16)15-22(19-9-3-2-4-10-19)20(23)17-11-13-21-14-12-17/h2-14H,15H2,1H3. The number of rotatable bonds is 4. The van der Waals surface area contributed by atoms with E-state index >= 15 is 0 Å². The first kappa shape index (κ1) is 15.0. The lowest BCUT2D eigenvalue weighted by Crippen LogP contribution is -2.30. The summed E-state index contributed by atoms with van der Waals surface area (Å²) in [4.78, 5) is 18.7. The maximum absolute atomic E-state index is 13.0. The summed E-state index contributed by atoms with van der Waals surface area (Å²) in [5.41, 5.74) is 3.84. The lowest BCUT2D eigenvalue weighted by molar-refractivity contribution is 0.0985. The van der Waals surface area contributed by atoms with E-state index in [-0.39, 0.29) is 5.91 Å². The van der Waals surface area contributed by atoms with Crippen LogP contribution >= 0.6 is 0 Å². The van der Waals surface area contributed by atoms with Crippen LogP contribution in [0.5, 0.6) is 0 Å². The number of anilines is 1. The van der Waals surface area contributed by atoms with Gasteiger partial charge in [-0.15, -0.1) is 0 Å². The zero-order valence-electron chi connectivity index (χ0n) is 13.0. The third-order valence-electron chi connectivity index (χ3n) is 3.83. The van der Waals surface area contributed by atoms with Crippen LogP contribution in [0.3, 0.4) is 0 Å². The Hall–Kier alpha value is -2.94. The predicted molar refractivity (Wildman–Crippen MR) is 92.4 cm³/mol. The fraction of sp³-hybridized carbons (Fsp3) is 0.100. The van der Waals surface area contributed by atoms with Crippen LogP contribution in [0.15, 0.2) is 79.1 Å². The number of carbonyl (C=O) groups excluding carboxylic acids is 1. The number of carbonyl (C=O) groups is 1. The van der Waals surface area contributed by atoms with E-state index in [0.29, 0.717) is 12.1 Å². The average Bonchev–Trinajstić information content (AvgIpc) is 2.62. The van der Waals surface area contributed by atoms with Crippen molar-refractivity contribution in [1.82, 2.24) is 4.98 Å². The highest BCUT2D eigenvalue weighted by Crippen LogP contribution is 2.21. The molecule has 3 nitrogen and oxygen atoms in total. The number of hydrogen-bond acceptors (Lipinski definition) is 2. The molecule has 23 heavy (non-hydrogen) atoms. The van der Waals surface area contributed by atoms with E-state index in [4.69, 9.17) is 0 Å². The van der Waals surface area contributed by atoms with Gasteiger partial charge < -0.3 is 4.90 Å². The number of hydrogen-bond donors (Lipinski definition) is 0. The van der Waals surface area contributed by atoms with E-state index in [9.17, 15) is 4.79 Å². The van der Waals surface area contributed by atoms with Crippen LogP contribution in [0.2, 0.25) is 0 Å². The molecule has 0 saturated heterocycles. The largest absolute Gasteiger partial charge is 0.304 e. The Bertz CT molecular complexity index is 785. The van der Waals surface area contributed by atoms with Crippen LogP contribution in [0.1, 0.15) is 21.5 Å². The Morgan fingerprint density at radius 1 is 0.913 bits per heavy atom. The number of pyridine rings is 1. The summed E-state index contributed by atoms with van der Waals surface area (Å²) in [6.45, 7) is 2.60. The van der Waals surface area contributed by atoms with E-state index in [2.05, 4.69) is 24.0 Å². The summed E-state index contributed by atoms with van der Waals surface area (Å²) in [5.74, 6) is -0.0261. The molecule has 0 fully saturated rings. The molecule has 1 aromatic heterocycles. The maximum atomic E-state index is 13.0. The first-order valence-corrected chi connectivity index (χ1v) is 7.57. The summed E-state index contributed by atoms with van der Waals surface area (Å²) < 4.78 is 0. The Kier molecular flexibility index (Phi) is 4.48. The second-order valence-corrected chi connectivity index (χ2v) is 5.39. The van der Waals surface area contributed by atoms with E-state index in [1.165, 1.54) is 5.56 Å². The third kappa shape index (κ3) is 3.46. The minimum atomic E-state index is -0.0261. The zero-order valence-corrected chi connectivity index (χ0v) is 13.0. The molecule has 0 atom stereocenters. The molecular weight excluding hydrogens is 284 g/mol. The fourth-order valence-corrected chi connectivity index (χ4v) is 2.50. The van der Waals surface area contributed by atoms with Gasteiger partial charge in [-0.2, -0.15) is 0 Å². The zero-order chi connectivity index (χ0) is 16.1. The highest BCUT2D eigenvalue weighted by atomic mass is 16.2. The van der Waals surface area contributed by atoms with Gasteiger partial charge in [0.2, 0.25) is 0 Å². The highest BCUT2D eigenvalue weighted by Gasteiger charge is 2.18. The first-order chi connectivity index (χ1) is 11.3. The molecule has 3 aromatic rings. The molecule has 3 rings (SSSR count). The quantitative estimate of drug-likeness (QED) is 0.722. The average molecular weight is 302 g/mol. The lowest BCUT2D eigenvalue weighted by atomic mass is 10.1. The molecule has 0 unspecified atom stereocenters. The highest BCUT2D eigenvalue weighted by molar-refractivity contribution is 6.05. The molecule has 0 spiro atoms. The van der Waals surface area contributed by atoms with Crippen molar-refractivity contribution in [3.63, 3.8) is 0 Å². The molecular formula is C20H18N2O. The van der Waals surface area contributed by atoms with Crippen LogP contribution in [-0.4, -0.2) is 10.9 Å². The Balaban J connectivity index is 1.98. The van der Waals surface area contributed by atoms with Gasteiger partial charge in [0, 0.05) is 23.6 Å². The molecule has 0 aliphatic carbocycles. The lowest BCUT2D eigenvalue weighted by Gasteiger charge is -2.24. The van der Waals surface area contributed by atoms with Gasteiger partial charge in [0.05, 0.1) is 6.54 Å². The van der Waals surface area contributed by atoms with E-state index in [1.54, 1.807) is 29.4 Å². The Labute approximate surface area is 136 Å². The molecule has 0 aliphatic rings. The fourth-order valence-electron chi connectivity index (χ4n) is 2.50. The van der Waals surface area contributed by atoms with Gasteiger partial charge in [0.1, 0.15) is 0 Å². The van der Waals surface area contributed by atoms with Crippen LogP contribution in [-0.2, 0) is 6.54 Å². The summed E-state index contributed by atoms with van der Waals surface area (Å²) in [6.07, 6.45) is 3.29. The molecule has 2 aromatic carbocycles. The van der Waals surface area contributed by atoms with Gasteiger partial charge in [0.15, 0.2) is 0 Å². The maximum Gasteiger partial charge on any atom is 0.258 e. The van der Waals surface area contributed by atoms with Gasteiger partial charge in [-0.3, -0.25) is 9.78 Å². The molecule has 0 N–H and O–H groups in total. The van der Waals surface area contributed by atoms with Crippen molar-refractivity contribution >= 4 is 11.6 Å². The van der Waals surface area contributed by atoms with Crippen LogP contribution < -0.4 is 4.90 Å². The predicted octanol–water partition coefficient (Wildman–Crippen LogP) is 4.24. The Morgan fingerprint density at radius 3 is 2.26 bits per heavy atom. The van der Waals surface area contributed by atoms with Crippen molar-refractivity contribution in [3.8, 4) is 0 Å². The second kappa shape index (κ2) is 6.88. The van der Waals surface area contributed by atoms with Gasteiger partial charge in [-0.1, -0.05) is 42.5 Å². The molecule has 114 valence electrons. The van der Waals surface area contributed by atoms with E-state index < -0.39 is 0 Å². The number of aryl methyl sites for hydroxylation is 1. The molecule has 0 saturated carbocycles. The molecule has 0 bridgehead atoms. The normalized spacial score (nSPS) is 10.3. The van der Waals surface area contributed by atoms with Crippen molar-refractivity contribution < 1.29 is 4.79 Å². The number of aromatic nitrogens is 1. The second-order valence-electron chi connectivity index (χ2n) is 5.39. The van der Waals surface area contributed by atoms with Gasteiger partial charge in [0.25, 0.3) is 5.91 Å². The molecule has 1 heterocycles. The molecule has 1 amide bonds. The topological polar surface area (TPSA) is 33.2 Å². The third-order valence-corrected chi connectivity index (χ3v) is 3.83. The molecule has 0 aliphatic heterocycles. The van der Waals surface area contributed by atoms with Crippen molar-refractivity contribution in [2.45, 2.75) is 13.5 Å². The number of nitrogens with zero attached hydrogens (tertiary/aromatic N) is 2. The minimum absolute atomic E-state index is 0.0261. The van der Waals surface area contributed by atoms with Crippen LogP contribution in [0.4, 0.5) is 5.69 Å².